The molecule has 0 amide bonds. The first-order valence-electron chi connectivity index (χ1n) is 21.7. The van der Waals surface area contributed by atoms with Gasteiger partial charge in [-0.05, 0) is 82.7 Å². The highest BCUT2D eigenvalue weighted by Gasteiger charge is 2.37. The number of benzene rings is 4. The Kier molecular flexibility index (Phi) is 15.2. The van der Waals surface area contributed by atoms with Crippen molar-refractivity contribution in [1.29, 1.82) is 0 Å². The molecule has 0 saturated heterocycles. The van der Waals surface area contributed by atoms with Crippen LogP contribution in [-0.2, 0) is 38.8 Å². The lowest BCUT2D eigenvalue weighted by atomic mass is 9.91. The number of unbranched alkanes of at least 4 members (excludes halogenated alkanes) is 10. The van der Waals surface area contributed by atoms with Crippen molar-refractivity contribution in [1.82, 2.24) is 9.13 Å². The van der Waals surface area contributed by atoms with E-state index in [1.807, 2.05) is 0 Å². The van der Waals surface area contributed by atoms with E-state index in [0.29, 0.717) is 31.4 Å². The van der Waals surface area contributed by atoms with Gasteiger partial charge in [0.25, 0.3) is 11.1 Å². The Balaban J connectivity index is 1.81. The molecule has 344 valence electrons. The van der Waals surface area contributed by atoms with Crippen LogP contribution in [0, 0.1) is 6.92 Å². The van der Waals surface area contributed by atoms with Crippen molar-refractivity contribution in [3.8, 4) is 5.88 Å². The summed E-state index contributed by atoms with van der Waals surface area (Å²) >= 11 is 3.63. The quantitative estimate of drug-likeness (QED) is 0.0481. The van der Waals surface area contributed by atoms with Gasteiger partial charge in [-0.3, -0.25) is 14.2 Å². The van der Waals surface area contributed by atoms with Crippen molar-refractivity contribution in [2.24, 2.45) is 4.99 Å². The summed E-state index contributed by atoms with van der Waals surface area (Å²) in [6.07, 6.45) is -0.257. The lowest BCUT2D eigenvalue weighted by molar-refractivity contribution is -0.143. The zero-order valence-corrected chi connectivity index (χ0v) is 37.6. The van der Waals surface area contributed by atoms with Crippen molar-refractivity contribution in [3.63, 3.8) is 0 Å². The van der Waals surface area contributed by atoms with Crippen LogP contribution >= 0.6 is 15.9 Å². The molecule has 4 aromatic carbocycles. The largest absolute Gasteiger partial charge is 0.494 e. The third-order valence-corrected chi connectivity index (χ3v) is 12.6. The van der Waals surface area contributed by atoms with Gasteiger partial charge in [0.1, 0.15) is 13.3 Å². The molecule has 6 aromatic rings. The van der Waals surface area contributed by atoms with Gasteiger partial charge >= 0.3 is 12.4 Å². The molecule has 64 heavy (non-hydrogen) atoms. The van der Waals surface area contributed by atoms with E-state index in [1.54, 1.807) is 0 Å². The van der Waals surface area contributed by atoms with Gasteiger partial charge < -0.3 is 15.0 Å². The monoisotopic (exact) mass is 962 g/mol. The molecular formula is C48H51BrF8N4O3. The highest BCUT2D eigenvalue weighted by molar-refractivity contribution is 9.10. The van der Waals surface area contributed by atoms with Crippen LogP contribution in [0.25, 0.3) is 38.9 Å². The molecule has 6 rings (SSSR count). The van der Waals surface area contributed by atoms with Crippen LogP contribution in [0.1, 0.15) is 119 Å². The molecule has 0 bridgehead atoms. The highest BCUT2D eigenvalue weighted by atomic mass is 79.9. The van der Waals surface area contributed by atoms with Crippen molar-refractivity contribution >= 4 is 71.9 Å². The van der Waals surface area contributed by atoms with Gasteiger partial charge in [-0.15, -0.1) is 0 Å². The summed E-state index contributed by atoms with van der Waals surface area (Å²) in [5.74, 6) is -0.387. The smallest absolute Gasteiger partial charge is 0.416 e. The number of aromatic hydroxyl groups is 1. The number of hydrogen-bond acceptors (Lipinski definition) is 5. The van der Waals surface area contributed by atoms with Crippen molar-refractivity contribution in [2.75, 3.05) is 5.32 Å². The summed E-state index contributed by atoms with van der Waals surface area (Å²) in [6.45, 7) is 8.17. The van der Waals surface area contributed by atoms with Crippen molar-refractivity contribution in [3.05, 3.63) is 100 Å². The normalized spacial score (nSPS) is 12.8. The molecule has 2 heterocycles. The minimum absolute atomic E-state index is 0.00436. The van der Waals surface area contributed by atoms with Gasteiger partial charge in [-0.1, -0.05) is 90.7 Å². The summed E-state index contributed by atoms with van der Waals surface area (Å²) in [6, 6.07) is 5.15. The molecule has 0 unspecified atom stereocenters. The first-order valence-corrected chi connectivity index (χ1v) is 22.4. The van der Waals surface area contributed by atoms with Crippen LogP contribution in [0.5, 0.6) is 5.88 Å². The molecule has 0 spiro atoms. The molecule has 7 nitrogen and oxygen atoms in total. The lowest BCUT2D eigenvalue weighted by Crippen LogP contribution is -2.36. The number of nitrogens with one attached hydrogen (secondary N) is 1. The maximum atomic E-state index is 14.8. The summed E-state index contributed by atoms with van der Waals surface area (Å²) in [5, 5.41) is 15.5. The van der Waals surface area contributed by atoms with Gasteiger partial charge in [-0.2, -0.15) is 26.3 Å². The minimum Gasteiger partial charge on any atom is -0.494 e. The maximum absolute atomic E-state index is 14.8. The molecule has 2 N–H and O–H groups in total. The van der Waals surface area contributed by atoms with Crippen LogP contribution < -0.4 is 27.1 Å². The number of rotatable bonds is 19. The summed E-state index contributed by atoms with van der Waals surface area (Å²) in [7, 11) is 0. The Morgan fingerprint density at radius 3 is 1.66 bits per heavy atom. The molecule has 0 aliphatic carbocycles. The fourth-order valence-electron chi connectivity index (χ4n) is 8.63. The Bertz CT molecular complexity index is 2850. The number of alkyl halides is 8. The van der Waals surface area contributed by atoms with Gasteiger partial charge in [0.05, 0.1) is 48.5 Å². The van der Waals surface area contributed by atoms with Crippen molar-refractivity contribution < 1.29 is 40.2 Å². The SMILES string of the molecule is C=c1c2c(=Nc3cc(C(F)(F)F)cc(C(F)(F)F)c3)c(C)c3c(=O)n(CCCCCCCC)c(=O)c4c(Br)c(Nc5cc(CF)cc(CF)c5)c(c(O)n1CCCCCCCC)c2c43. The second-order valence-electron chi connectivity index (χ2n) is 16.4. The molecule has 0 saturated carbocycles. The van der Waals surface area contributed by atoms with Crippen LogP contribution in [-0.4, -0.2) is 14.2 Å². The molecule has 0 radical (unpaired) electrons. The van der Waals surface area contributed by atoms with E-state index >= 15 is 0 Å². The number of nitrogens with zero attached hydrogens (tertiary/aromatic N) is 3. The number of aromatic nitrogens is 2. The Labute approximate surface area is 373 Å². The van der Waals surface area contributed by atoms with Gasteiger partial charge in [0.2, 0.25) is 5.88 Å². The third kappa shape index (κ3) is 9.81. The molecule has 2 aromatic heterocycles. The molecule has 0 fully saturated rings. The maximum Gasteiger partial charge on any atom is 0.416 e. The Hall–Kier alpha value is -4.99. The van der Waals surface area contributed by atoms with E-state index in [-0.39, 0.29) is 101 Å². The van der Waals surface area contributed by atoms with Gasteiger partial charge in [0.15, 0.2) is 0 Å². The van der Waals surface area contributed by atoms with Crippen LogP contribution in [0.2, 0.25) is 0 Å². The van der Waals surface area contributed by atoms with E-state index < -0.39 is 53.6 Å². The summed E-state index contributed by atoms with van der Waals surface area (Å²) in [4.78, 5) is 34.0. The number of aryl methyl sites for hydroxylation is 1. The molecule has 0 aliphatic heterocycles. The van der Waals surface area contributed by atoms with E-state index in [2.05, 4.69) is 46.7 Å². The highest BCUT2D eigenvalue weighted by Crippen LogP contribution is 2.46. The first-order chi connectivity index (χ1) is 30.4. The molecule has 0 aliphatic rings. The minimum atomic E-state index is -5.19. The summed E-state index contributed by atoms with van der Waals surface area (Å²) in [5.41, 5.74) is -4.84. The first kappa shape index (κ1) is 48.5. The van der Waals surface area contributed by atoms with Crippen LogP contribution in [0.4, 0.5) is 52.2 Å². The number of hydrogen-bond donors (Lipinski definition) is 2. The van der Waals surface area contributed by atoms with E-state index in [0.717, 1.165) is 62.4 Å². The van der Waals surface area contributed by atoms with E-state index in [9.17, 15) is 49.8 Å². The fraction of sp³-hybridized carbons (Fsp3) is 0.438. The lowest BCUT2D eigenvalue weighted by Gasteiger charge is -2.24. The molecule has 16 heteroatoms. The van der Waals surface area contributed by atoms with E-state index in [4.69, 9.17) is 0 Å². The van der Waals surface area contributed by atoms with Gasteiger partial charge in [0, 0.05) is 40.3 Å². The predicted molar refractivity (Wildman–Crippen MR) is 241 cm³/mol. The fourth-order valence-corrected chi connectivity index (χ4v) is 9.30. The van der Waals surface area contributed by atoms with Crippen LogP contribution in [0.15, 0.2) is 55.5 Å². The van der Waals surface area contributed by atoms with Crippen molar-refractivity contribution in [2.45, 2.75) is 137 Å². The average Bonchev–Trinajstić information content (AvgIpc) is 3.24. The van der Waals surface area contributed by atoms with Crippen LogP contribution in [0.3, 0.4) is 0 Å². The topological polar surface area (TPSA) is 88.6 Å². The summed E-state index contributed by atoms with van der Waals surface area (Å²) < 4.78 is 116. The average molecular weight is 964 g/mol. The predicted octanol–water partition coefficient (Wildman–Crippen LogP) is 13.5. The third-order valence-electron chi connectivity index (χ3n) is 11.8. The Morgan fingerprint density at radius 2 is 1.14 bits per heavy atom. The second kappa shape index (κ2) is 20.0. The molecule has 0 atom stereocenters. The molecular weight excluding hydrogens is 912 g/mol. The second-order valence-corrected chi connectivity index (χ2v) is 17.2. The standard InChI is InChI=1S/C48H51BrF8N4O3/c1-5-7-9-11-13-15-17-60-28(4)36-38-37-35(27(3)42(36)58-34-23-31(47(52,53)54)22-32(24-34)48(55,56)57)44(62)61(18-16-14-12-10-8-6-2)45(63)39(37)41(49)43(40(38)46(60)64)59-33-20-29(25-50)19-30(21-33)26-51/h19-24,59,64H,4-18,25-26H2,1-3H3. The number of anilines is 2. The number of pyridine rings is 2. The number of halogens is 9. The Morgan fingerprint density at radius 1 is 0.656 bits per heavy atom. The van der Waals surface area contributed by atoms with E-state index in [1.165, 1.54) is 29.7 Å². The van der Waals surface area contributed by atoms with Gasteiger partial charge in [-0.25, -0.2) is 13.8 Å². The zero-order valence-electron chi connectivity index (χ0n) is 36.0. The zero-order chi connectivity index (χ0) is 46.7.